The predicted molar refractivity (Wildman–Crippen MR) is 94.5 cm³/mol. The Morgan fingerprint density at radius 1 is 1.19 bits per heavy atom. The molecule has 3 fully saturated rings. The van der Waals surface area contributed by atoms with E-state index in [2.05, 4.69) is 0 Å². The van der Waals surface area contributed by atoms with E-state index in [1.54, 1.807) is 0 Å². The molecule has 0 saturated heterocycles. The van der Waals surface area contributed by atoms with Crippen molar-refractivity contribution in [1.82, 2.24) is 0 Å². The highest BCUT2D eigenvalue weighted by Gasteiger charge is 2.54. The Labute approximate surface area is 153 Å². The molecule has 6 unspecified atom stereocenters. The first-order valence-corrected chi connectivity index (χ1v) is 9.79. The van der Waals surface area contributed by atoms with Gasteiger partial charge in [-0.25, -0.2) is 9.18 Å². The number of halogens is 1. The third-order valence-corrected chi connectivity index (χ3v) is 6.64. The third-order valence-electron chi connectivity index (χ3n) is 6.64. The van der Waals surface area contributed by atoms with Gasteiger partial charge in [0.15, 0.2) is 11.6 Å². The molecule has 1 aromatic carbocycles. The second-order valence-corrected chi connectivity index (χ2v) is 8.51. The Bertz CT molecular complexity index is 689. The molecule has 2 bridgehead atoms. The van der Waals surface area contributed by atoms with Crippen molar-refractivity contribution in [2.75, 3.05) is 0 Å². The maximum atomic E-state index is 14.1. The fourth-order valence-corrected chi connectivity index (χ4v) is 5.51. The standard InChI is InChI=1S/C21H27FO4/c1-11(2)21(26-19-9-12(20(23)24)6-7-17(19)22)25-18-10-13-8-16(18)15-5-3-4-14(13)15/h6-7,9,11,13-16,18,21H,3-5,8,10H2,1-2H3,(H,23,24). The molecule has 0 aliphatic heterocycles. The first-order valence-electron chi connectivity index (χ1n) is 9.79. The van der Waals surface area contributed by atoms with Gasteiger partial charge in [-0.05, 0) is 67.6 Å². The lowest BCUT2D eigenvalue weighted by molar-refractivity contribution is -0.163. The number of carboxylic acids is 1. The lowest BCUT2D eigenvalue weighted by atomic mass is 9.80. The fraction of sp³-hybridized carbons (Fsp3) is 0.667. The molecule has 0 aromatic heterocycles. The summed E-state index contributed by atoms with van der Waals surface area (Å²) >= 11 is 0. The average Bonchev–Trinajstić information content (AvgIpc) is 3.28. The third kappa shape index (κ3) is 3.11. The normalized spacial score (nSPS) is 33.5. The SMILES string of the molecule is CC(C)C(Oc1cc(C(=O)O)ccc1F)OC1CC2CC1C1CCCC21. The van der Waals surface area contributed by atoms with Crippen LogP contribution in [0.15, 0.2) is 18.2 Å². The molecule has 0 amide bonds. The second kappa shape index (κ2) is 6.84. The molecule has 0 spiro atoms. The zero-order chi connectivity index (χ0) is 18.4. The minimum atomic E-state index is -1.10. The number of carbonyl (C=O) groups is 1. The van der Waals surface area contributed by atoms with Gasteiger partial charge in [-0.2, -0.15) is 0 Å². The Morgan fingerprint density at radius 3 is 2.69 bits per heavy atom. The van der Waals surface area contributed by atoms with Crippen molar-refractivity contribution in [3.8, 4) is 5.75 Å². The number of benzene rings is 1. The van der Waals surface area contributed by atoms with Gasteiger partial charge >= 0.3 is 5.97 Å². The van der Waals surface area contributed by atoms with E-state index in [-0.39, 0.29) is 23.3 Å². The molecule has 4 nitrogen and oxygen atoms in total. The fourth-order valence-electron chi connectivity index (χ4n) is 5.51. The number of rotatable bonds is 6. The Kier molecular flexibility index (Phi) is 4.68. The summed E-state index contributed by atoms with van der Waals surface area (Å²) in [7, 11) is 0. The predicted octanol–water partition coefficient (Wildman–Crippen LogP) is 4.73. The molecule has 3 aliphatic rings. The van der Waals surface area contributed by atoms with E-state index in [1.165, 1.54) is 37.8 Å². The molecule has 26 heavy (non-hydrogen) atoms. The number of aromatic carboxylic acids is 1. The van der Waals surface area contributed by atoms with Gasteiger partial charge in [0.1, 0.15) is 0 Å². The summed E-state index contributed by atoms with van der Waals surface area (Å²) in [6, 6.07) is 3.62. The zero-order valence-electron chi connectivity index (χ0n) is 15.4. The smallest absolute Gasteiger partial charge is 0.335 e. The molecule has 0 heterocycles. The first kappa shape index (κ1) is 17.8. The van der Waals surface area contributed by atoms with E-state index in [4.69, 9.17) is 14.6 Å². The van der Waals surface area contributed by atoms with Crippen LogP contribution in [0.2, 0.25) is 0 Å². The lowest BCUT2D eigenvalue weighted by Gasteiger charge is -2.35. The van der Waals surface area contributed by atoms with Crippen molar-refractivity contribution >= 4 is 5.97 Å². The molecule has 6 atom stereocenters. The number of carboxylic acid groups (broad SMARTS) is 1. The zero-order valence-corrected chi connectivity index (χ0v) is 15.4. The maximum Gasteiger partial charge on any atom is 0.335 e. The van der Waals surface area contributed by atoms with Crippen molar-refractivity contribution < 1.29 is 23.8 Å². The van der Waals surface area contributed by atoms with Gasteiger partial charge < -0.3 is 14.6 Å². The van der Waals surface area contributed by atoms with E-state index < -0.39 is 18.1 Å². The van der Waals surface area contributed by atoms with Crippen molar-refractivity contribution in [2.24, 2.45) is 29.6 Å². The van der Waals surface area contributed by atoms with Crippen LogP contribution in [0.1, 0.15) is 56.3 Å². The van der Waals surface area contributed by atoms with Crippen LogP contribution in [0.5, 0.6) is 5.75 Å². The van der Waals surface area contributed by atoms with Crippen LogP contribution in [0.4, 0.5) is 4.39 Å². The number of fused-ring (bicyclic) bond motifs is 5. The molecule has 5 heteroatoms. The summed E-state index contributed by atoms with van der Waals surface area (Å²) in [4.78, 5) is 11.1. The van der Waals surface area contributed by atoms with Crippen molar-refractivity contribution in [1.29, 1.82) is 0 Å². The molecule has 1 N–H and O–H groups in total. The van der Waals surface area contributed by atoms with Crippen LogP contribution in [0.25, 0.3) is 0 Å². The molecule has 0 radical (unpaired) electrons. The van der Waals surface area contributed by atoms with Crippen LogP contribution in [-0.4, -0.2) is 23.5 Å². The topological polar surface area (TPSA) is 55.8 Å². The highest BCUT2D eigenvalue weighted by atomic mass is 19.1. The van der Waals surface area contributed by atoms with E-state index >= 15 is 0 Å². The highest BCUT2D eigenvalue weighted by Crippen LogP contribution is 2.59. The summed E-state index contributed by atoms with van der Waals surface area (Å²) in [5, 5.41) is 9.12. The maximum absolute atomic E-state index is 14.1. The molecule has 1 aromatic rings. The number of ether oxygens (including phenoxy) is 2. The minimum Gasteiger partial charge on any atom is -0.478 e. The van der Waals surface area contributed by atoms with Crippen LogP contribution in [-0.2, 0) is 4.74 Å². The van der Waals surface area contributed by atoms with Crippen LogP contribution in [0, 0.1) is 35.4 Å². The van der Waals surface area contributed by atoms with Gasteiger partial charge in [0.25, 0.3) is 0 Å². The van der Waals surface area contributed by atoms with Gasteiger partial charge in [0, 0.05) is 5.92 Å². The number of hydrogen-bond acceptors (Lipinski definition) is 3. The Morgan fingerprint density at radius 2 is 1.96 bits per heavy atom. The molecule has 3 aliphatic carbocycles. The van der Waals surface area contributed by atoms with E-state index in [1.807, 2.05) is 13.8 Å². The summed E-state index contributed by atoms with van der Waals surface area (Å²) in [6.45, 7) is 3.96. The minimum absolute atomic E-state index is 0.0117. The highest BCUT2D eigenvalue weighted by molar-refractivity contribution is 5.88. The van der Waals surface area contributed by atoms with E-state index in [9.17, 15) is 9.18 Å². The Balaban J connectivity index is 1.47. The summed E-state index contributed by atoms with van der Waals surface area (Å²) in [5.41, 5.74) is 0.0117. The average molecular weight is 362 g/mol. The van der Waals surface area contributed by atoms with Crippen molar-refractivity contribution in [2.45, 2.75) is 58.3 Å². The number of hydrogen-bond donors (Lipinski definition) is 1. The molecular weight excluding hydrogens is 335 g/mol. The van der Waals surface area contributed by atoms with Crippen molar-refractivity contribution in [3.63, 3.8) is 0 Å². The molecule has 4 rings (SSSR count). The van der Waals surface area contributed by atoms with Crippen LogP contribution in [0.3, 0.4) is 0 Å². The molecule has 3 saturated carbocycles. The monoisotopic (exact) mass is 362 g/mol. The molecule has 142 valence electrons. The van der Waals surface area contributed by atoms with E-state index in [0.29, 0.717) is 5.92 Å². The lowest BCUT2D eigenvalue weighted by Crippen LogP contribution is -2.37. The largest absolute Gasteiger partial charge is 0.478 e. The first-order chi connectivity index (χ1) is 12.4. The van der Waals surface area contributed by atoms with Crippen LogP contribution < -0.4 is 4.74 Å². The second-order valence-electron chi connectivity index (χ2n) is 8.51. The summed E-state index contributed by atoms with van der Waals surface area (Å²) in [6.07, 6.45) is 5.97. The van der Waals surface area contributed by atoms with Gasteiger partial charge in [0.2, 0.25) is 6.29 Å². The summed E-state index contributed by atoms with van der Waals surface area (Å²) in [5.74, 6) is 1.39. The Hall–Kier alpha value is -1.62. The van der Waals surface area contributed by atoms with Crippen LogP contribution >= 0.6 is 0 Å². The van der Waals surface area contributed by atoms with Crippen molar-refractivity contribution in [3.05, 3.63) is 29.6 Å². The van der Waals surface area contributed by atoms with Gasteiger partial charge in [0.05, 0.1) is 11.7 Å². The quantitative estimate of drug-likeness (QED) is 0.744. The van der Waals surface area contributed by atoms with Gasteiger partial charge in [-0.1, -0.05) is 20.3 Å². The van der Waals surface area contributed by atoms with Gasteiger partial charge in [-0.15, -0.1) is 0 Å². The summed E-state index contributed by atoms with van der Waals surface area (Å²) < 4.78 is 26.3. The van der Waals surface area contributed by atoms with E-state index in [0.717, 1.165) is 30.2 Å². The van der Waals surface area contributed by atoms with Gasteiger partial charge in [-0.3, -0.25) is 0 Å². The molecular formula is C21H27FO4.